The molecule has 6 nitrogen and oxygen atoms in total. The molecule has 1 saturated heterocycles. The van der Waals surface area contributed by atoms with Gasteiger partial charge in [-0.05, 0) is 43.9 Å². The summed E-state index contributed by atoms with van der Waals surface area (Å²) in [6.07, 6.45) is 3.56. The fourth-order valence-electron chi connectivity index (χ4n) is 4.42. The number of carbonyl (C=O) groups is 2. The van der Waals surface area contributed by atoms with E-state index in [0.717, 1.165) is 58.6 Å². The van der Waals surface area contributed by atoms with E-state index in [0.29, 0.717) is 24.7 Å². The molecule has 0 atom stereocenters. The van der Waals surface area contributed by atoms with Crippen LogP contribution in [0.15, 0.2) is 30.3 Å². The van der Waals surface area contributed by atoms with Crippen LogP contribution < -0.4 is 0 Å². The standard InChI is InChI=1S/C25H31ClN4O2S/c1-4-5-12-28(3)23(31)18-10-13-29(14-11-18)24(32)22-15-20-17(2)27-30(25(20)33-22)16-19-8-6-7-9-21(19)26/h6-9,15,18H,4-5,10-14,16H2,1-3H3. The van der Waals surface area contributed by atoms with Crippen LogP contribution in [0.2, 0.25) is 5.02 Å². The number of aromatic nitrogens is 2. The minimum absolute atomic E-state index is 0.0183. The third-order valence-corrected chi connectivity index (χ3v) is 7.96. The van der Waals surface area contributed by atoms with Crippen molar-refractivity contribution >= 4 is 45.0 Å². The van der Waals surface area contributed by atoms with Crippen LogP contribution in [0.3, 0.4) is 0 Å². The van der Waals surface area contributed by atoms with E-state index >= 15 is 0 Å². The molecule has 1 aromatic carbocycles. The maximum absolute atomic E-state index is 13.2. The van der Waals surface area contributed by atoms with Gasteiger partial charge >= 0.3 is 0 Å². The third kappa shape index (κ3) is 5.09. The summed E-state index contributed by atoms with van der Waals surface area (Å²) in [5, 5.41) is 6.39. The quantitative estimate of drug-likeness (QED) is 0.460. The number of rotatable bonds is 7. The summed E-state index contributed by atoms with van der Waals surface area (Å²) in [5.41, 5.74) is 1.91. The van der Waals surface area contributed by atoms with E-state index in [1.807, 2.05) is 58.8 Å². The van der Waals surface area contributed by atoms with Crippen molar-refractivity contribution in [2.75, 3.05) is 26.7 Å². The topological polar surface area (TPSA) is 58.4 Å². The number of carbonyl (C=O) groups excluding carboxylic acids is 2. The third-order valence-electron chi connectivity index (χ3n) is 6.45. The molecular weight excluding hydrogens is 456 g/mol. The van der Waals surface area contributed by atoms with Crippen LogP contribution in [-0.2, 0) is 11.3 Å². The van der Waals surface area contributed by atoms with Crippen molar-refractivity contribution in [1.29, 1.82) is 0 Å². The van der Waals surface area contributed by atoms with Crippen molar-refractivity contribution in [1.82, 2.24) is 19.6 Å². The van der Waals surface area contributed by atoms with Crippen LogP contribution in [0.4, 0.5) is 0 Å². The van der Waals surface area contributed by atoms with E-state index in [-0.39, 0.29) is 17.7 Å². The zero-order valence-corrected chi connectivity index (χ0v) is 21.1. The van der Waals surface area contributed by atoms with Gasteiger partial charge in [-0.3, -0.25) is 14.3 Å². The number of piperidine rings is 1. The number of fused-ring (bicyclic) bond motifs is 1. The van der Waals surface area contributed by atoms with Gasteiger partial charge in [-0.2, -0.15) is 5.10 Å². The highest BCUT2D eigenvalue weighted by Gasteiger charge is 2.30. The van der Waals surface area contributed by atoms with Gasteiger partial charge in [-0.1, -0.05) is 43.1 Å². The Morgan fingerprint density at radius 2 is 1.97 bits per heavy atom. The summed E-state index contributed by atoms with van der Waals surface area (Å²) in [6.45, 7) is 6.72. The molecule has 0 radical (unpaired) electrons. The van der Waals surface area contributed by atoms with Gasteiger partial charge in [0.1, 0.15) is 4.83 Å². The monoisotopic (exact) mass is 486 g/mol. The molecule has 1 aliphatic rings. The molecule has 3 aromatic rings. The first-order chi connectivity index (χ1) is 15.9. The molecule has 4 rings (SSSR count). The first-order valence-corrected chi connectivity index (χ1v) is 12.8. The number of hydrogen-bond acceptors (Lipinski definition) is 4. The fraction of sp³-hybridized carbons (Fsp3) is 0.480. The Morgan fingerprint density at radius 3 is 2.67 bits per heavy atom. The highest BCUT2D eigenvalue weighted by atomic mass is 35.5. The number of likely N-dealkylation sites (tertiary alicyclic amines) is 1. The molecule has 1 fully saturated rings. The first-order valence-electron chi connectivity index (χ1n) is 11.6. The second-order valence-corrected chi connectivity index (χ2v) is 10.3. The van der Waals surface area contributed by atoms with E-state index in [4.69, 9.17) is 11.6 Å². The van der Waals surface area contributed by atoms with Gasteiger partial charge in [-0.25, -0.2) is 0 Å². The molecule has 0 bridgehead atoms. The van der Waals surface area contributed by atoms with Gasteiger partial charge in [0.25, 0.3) is 5.91 Å². The number of nitrogens with zero attached hydrogens (tertiary/aromatic N) is 4. The van der Waals surface area contributed by atoms with E-state index < -0.39 is 0 Å². The lowest BCUT2D eigenvalue weighted by atomic mass is 9.95. The molecular formula is C25H31ClN4O2S. The highest BCUT2D eigenvalue weighted by Crippen LogP contribution is 2.31. The van der Waals surface area contributed by atoms with Gasteiger partial charge in [0.15, 0.2) is 0 Å². The molecule has 0 saturated carbocycles. The lowest BCUT2D eigenvalue weighted by molar-refractivity contribution is -0.135. The number of unbranched alkanes of at least 4 members (excludes halogenated alkanes) is 1. The molecule has 0 aliphatic carbocycles. The van der Waals surface area contributed by atoms with Crippen molar-refractivity contribution in [2.24, 2.45) is 5.92 Å². The number of aryl methyl sites for hydroxylation is 1. The number of amides is 2. The van der Waals surface area contributed by atoms with Crippen LogP contribution in [-0.4, -0.2) is 58.1 Å². The van der Waals surface area contributed by atoms with Crippen LogP contribution in [0.1, 0.15) is 53.5 Å². The van der Waals surface area contributed by atoms with Gasteiger partial charge in [0, 0.05) is 43.0 Å². The summed E-state index contributed by atoms with van der Waals surface area (Å²) < 4.78 is 1.93. The van der Waals surface area contributed by atoms with Gasteiger partial charge in [-0.15, -0.1) is 11.3 Å². The van der Waals surface area contributed by atoms with Crippen molar-refractivity contribution < 1.29 is 9.59 Å². The average Bonchev–Trinajstić information content (AvgIpc) is 3.39. The van der Waals surface area contributed by atoms with Crippen molar-refractivity contribution in [3.63, 3.8) is 0 Å². The molecule has 33 heavy (non-hydrogen) atoms. The van der Waals surface area contributed by atoms with Crippen LogP contribution in [0, 0.1) is 12.8 Å². The molecule has 2 aromatic heterocycles. The first kappa shape index (κ1) is 23.8. The number of benzene rings is 1. The summed E-state index contributed by atoms with van der Waals surface area (Å²) in [7, 11) is 1.89. The predicted octanol–water partition coefficient (Wildman–Crippen LogP) is 5.22. The van der Waals surface area contributed by atoms with Crippen LogP contribution in [0.5, 0.6) is 0 Å². The van der Waals surface area contributed by atoms with Crippen molar-refractivity contribution in [3.8, 4) is 0 Å². The van der Waals surface area contributed by atoms with Gasteiger partial charge in [0.2, 0.25) is 5.91 Å². The minimum Gasteiger partial charge on any atom is -0.346 e. The Hall–Kier alpha value is -2.38. The predicted molar refractivity (Wildman–Crippen MR) is 134 cm³/mol. The van der Waals surface area contributed by atoms with E-state index in [1.54, 1.807) is 0 Å². The Bertz CT molecular complexity index is 1150. The number of hydrogen-bond donors (Lipinski definition) is 0. The highest BCUT2D eigenvalue weighted by molar-refractivity contribution is 7.20. The van der Waals surface area contributed by atoms with Gasteiger partial charge < -0.3 is 9.80 Å². The summed E-state index contributed by atoms with van der Waals surface area (Å²) >= 11 is 7.83. The van der Waals surface area contributed by atoms with E-state index in [9.17, 15) is 9.59 Å². The van der Waals surface area contributed by atoms with Crippen LogP contribution >= 0.6 is 22.9 Å². The van der Waals surface area contributed by atoms with Crippen molar-refractivity contribution in [3.05, 3.63) is 51.5 Å². The van der Waals surface area contributed by atoms with Crippen molar-refractivity contribution in [2.45, 2.75) is 46.1 Å². The normalized spacial score (nSPS) is 14.7. The smallest absolute Gasteiger partial charge is 0.264 e. The summed E-state index contributed by atoms with van der Waals surface area (Å²) in [4.78, 5) is 31.4. The Balaban J connectivity index is 1.44. The maximum atomic E-state index is 13.2. The average molecular weight is 487 g/mol. The lowest BCUT2D eigenvalue weighted by Gasteiger charge is -2.33. The summed E-state index contributed by atoms with van der Waals surface area (Å²) in [6, 6.07) is 9.72. The zero-order chi connectivity index (χ0) is 23.5. The molecule has 2 amide bonds. The molecule has 0 N–H and O–H groups in total. The number of halogens is 1. The SMILES string of the molecule is CCCCN(C)C(=O)C1CCN(C(=O)c2cc3c(C)nn(Cc4ccccc4Cl)c3s2)CC1. The molecule has 8 heteroatoms. The molecule has 0 spiro atoms. The Kier molecular flexibility index (Phi) is 7.39. The minimum atomic E-state index is 0.0183. The fourth-order valence-corrected chi connectivity index (χ4v) is 5.74. The largest absolute Gasteiger partial charge is 0.346 e. The molecule has 1 aliphatic heterocycles. The Morgan fingerprint density at radius 1 is 1.24 bits per heavy atom. The van der Waals surface area contributed by atoms with Gasteiger partial charge in [0.05, 0.1) is 17.1 Å². The summed E-state index contributed by atoms with van der Waals surface area (Å²) in [5.74, 6) is 0.280. The van der Waals surface area contributed by atoms with E-state index in [1.165, 1.54) is 11.3 Å². The Labute approximate surface area is 204 Å². The zero-order valence-electron chi connectivity index (χ0n) is 19.5. The van der Waals surface area contributed by atoms with Crippen LogP contribution in [0.25, 0.3) is 10.2 Å². The molecule has 0 unspecified atom stereocenters. The molecule has 176 valence electrons. The maximum Gasteiger partial charge on any atom is 0.264 e. The second-order valence-electron chi connectivity index (χ2n) is 8.84. The van der Waals surface area contributed by atoms with E-state index in [2.05, 4.69) is 12.0 Å². The number of thiophene rings is 1. The molecule has 3 heterocycles. The second kappa shape index (κ2) is 10.3. The lowest BCUT2D eigenvalue weighted by Crippen LogP contribution is -2.43.